The van der Waals surface area contributed by atoms with Crippen molar-refractivity contribution < 1.29 is 14.4 Å². The Balaban J connectivity index is 0.000000581. The highest BCUT2D eigenvalue weighted by Gasteiger charge is 2.33. The van der Waals surface area contributed by atoms with Crippen LogP contribution in [0.1, 0.15) is 25.0 Å². The SMILES string of the molecule is CC.CN.COB1OCc2c(C)ccc(O)c21. The summed E-state index contributed by atoms with van der Waals surface area (Å²) in [5, 5.41) is 9.60. The molecule has 0 aliphatic carbocycles. The summed E-state index contributed by atoms with van der Waals surface area (Å²) in [6.07, 6.45) is 0. The van der Waals surface area contributed by atoms with Gasteiger partial charge in [0.2, 0.25) is 0 Å². The molecule has 0 saturated carbocycles. The smallest absolute Gasteiger partial charge is 0.498 e. The van der Waals surface area contributed by atoms with Gasteiger partial charge in [-0.15, -0.1) is 0 Å². The molecule has 4 nitrogen and oxygen atoms in total. The summed E-state index contributed by atoms with van der Waals surface area (Å²) < 4.78 is 10.4. The first-order chi connectivity index (χ1) is 8.24. The van der Waals surface area contributed by atoms with Gasteiger partial charge in [-0.3, -0.25) is 0 Å². The van der Waals surface area contributed by atoms with Crippen LogP contribution in [-0.4, -0.2) is 26.4 Å². The molecule has 0 spiro atoms. The lowest BCUT2D eigenvalue weighted by Crippen LogP contribution is -2.31. The maximum atomic E-state index is 9.60. The molecule has 1 heterocycles. The van der Waals surface area contributed by atoms with Crippen molar-refractivity contribution in [1.29, 1.82) is 0 Å². The molecule has 0 radical (unpaired) electrons. The van der Waals surface area contributed by atoms with E-state index in [4.69, 9.17) is 9.31 Å². The minimum Gasteiger partial charge on any atom is -0.508 e. The third-order valence-electron chi connectivity index (χ3n) is 2.40. The van der Waals surface area contributed by atoms with E-state index < -0.39 is 7.12 Å². The molecule has 0 bridgehead atoms. The monoisotopic (exact) mass is 239 g/mol. The number of fused-ring (bicyclic) bond motifs is 1. The van der Waals surface area contributed by atoms with Crippen molar-refractivity contribution in [2.45, 2.75) is 27.4 Å². The van der Waals surface area contributed by atoms with Crippen molar-refractivity contribution in [1.82, 2.24) is 0 Å². The molecule has 0 atom stereocenters. The average Bonchev–Trinajstić information content (AvgIpc) is 2.84. The van der Waals surface area contributed by atoms with Crippen LogP contribution in [0.2, 0.25) is 0 Å². The molecule has 3 N–H and O–H groups in total. The van der Waals surface area contributed by atoms with Crippen LogP contribution >= 0.6 is 0 Å². The Morgan fingerprint density at radius 1 is 1.35 bits per heavy atom. The average molecular weight is 239 g/mol. The summed E-state index contributed by atoms with van der Waals surface area (Å²) in [4.78, 5) is 0. The van der Waals surface area contributed by atoms with Gasteiger partial charge in [-0.1, -0.05) is 19.9 Å². The topological polar surface area (TPSA) is 64.7 Å². The molecule has 0 fully saturated rings. The molecule has 17 heavy (non-hydrogen) atoms. The number of rotatable bonds is 1. The number of nitrogens with two attached hydrogens (primary N) is 1. The van der Waals surface area contributed by atoms with Crippen LogP contribution in [0.15, 0.2) is 12.1 Å². The second-order valence-corrected chi connectivity index (χ2v) is 3.17. The molecule has 2 rings (SSSR count). The number of aryl methyl sites for hydroxylation is 1. The van der Waals surface area contributed by atoms with E-state index in [9.17, 15) is 5.11 Å². The van der Waals surface area contributed by atoms with E-state index in [1.54, 1.807) is 13.2 Å². The van der Waals surface area contributed by atoms with Gasteiger partial charge in [-0.2, -0.15) is 0 Å². The largest absolute Gasteiger partial charge is 0.508 e. The van der Waals surface area contributed by atoms with Gasteiger partial charge >= 0.3 is 7.12 Å². The fourth-order valence-corrected chi connectivity index (χ4v) is 1.64. The van der Waals surface area contributed by atoms with Crippen molar-refractivity contribution in [3.8, 4) is 5.75 Å². The van der Waals surface area contributed by atoms with E-state index in [0.29, 0.717) is 6.61 Å². The van der Waals surface area contributed by atoms with Gasteiger partial charge in [0.15, 0.2) is 0 Å². The summed E-state index contributed by atoms with van der Waals surface area (Å²) in [6.45, 7) is 6.52. The molecule has 0 unspecified atom stereocenters. The fourth-order valence-electron chi connectivity index (χ4n) is 1.64. The number of phenolic OH excluding ortho intramolecular Hbond substituents is 1. The number of hydrogen-bond donors (Lipinski definition) is 2. The predicted molar refractivity (Wildman–Crippen MR) is 71.5 cm³/mol. The Labute approximate surface area is 104 Å². The lowest BCUT2D eigenvalue weighted by molar-refractivity contribution is 0.245. The standard InChI is InChI=1S/C9H11BO3.C2H6.CH5N/c1-6-3-4-8(11)9-7(6)5-13-10(9)12-2;2*1-2/h3-4,11H,5H2,1-2H3;1-2H3;2H2,1H3. The Bertz CT molecular complexity index is 345. The summed E-state index contributed by atoms with van der Waals surface area (Å²) in [6, 6.07) is 3.56. The first-order valence-corrected chi connectivity index (χ1v) is 5.77. The van der Waals surface area contributed by atoms with Crippen LogP contribution in [0.25, 0.3) is 0 Å². The van der Waals surface area contributed by atoms with Crippen LogP contribution in [0.5, 0.6) is 5.75 Å². The second-order valence-electron chi connectivity index (χ2n) is 3.17. The molecule has 1 aliphatic rings. The van der Waals surface area contributed by atoms with Crippen LogP contribution in [0.3, 0.4) is 0 Å². The lowest BCUT2D eigenvalue weighted by atomic mass is 9.77. The number of phenols is 1. The number of hydrogen-bond acceptors (Lipinski definition) is 4. The molecule has 1 aliphatic heterocycles. The normalized spacial score (nSPS) is 12.0. The third kappa shape index (κ3) is 3.46. The van der Waals surface area contributed by atoms with Crippen molar-refractivity contribution in [3.05, 3.63) is 23.3 Å². The molecule has 0 aromatic heterocycles. The molecule has 1 aromatic rings. The van der Waals surface area contributed by atoms with Crippen molar-refractivity contribution in [3.63, 3.8) is 0 Å². The zero-order chi connectivity index (χ0) is 13.4. The zero-order valence-corrected chi connectivity index (χ0v) is 11.3. The van der Waals surface area contributed by atoms with Crippen molar-refractivity contribution in [2.75, 3.05) is 14.2 Å². The van der Waals surface area contributed by atoms with Crippen LogP contribution in [0, 0.1) is 6.92 Å². The minimum absolute atomic E-state index is 0.255. The van der Waals surface area contributed by atoms with Gasteiger partial charge in [-0.05, 0) is 31.2 Å². The summed E-state index contributed by atoms with van der Waals surface area (Å²) >= 11 is 0. The molecule has 96 valence electrons. The quantitative estimate of drug-likeness (QED) is 0.722. The van der Waals surface area contributed by atoms with E-state index >= 15 is 0 Å². The summed E-state index contributed by atoms with van der Waals surface area (Å²) in [7, 11) is 2.66. The van der Waals surface area contributed by atoms with Gasteiger partial charge in [0.05, 0.1) is 6.61 Å². The second kappa shape index (κ2) is 8.11. The van der Waals surface area contributed by atoms with Crippen LogP contribution < -0.4 is 11.2 Å². The van der Waals surface area contributed by atoms with E-state index in [2.05, 4.69) is 5.73 Å². The van der Waals surface area contributed by atoms with E-state index in [1.807, 2.05) is 26.8 Å². The maximum absolute atomic E-state index is 9.60. The molecule has 1 aromatic carbocycles. The van der Waals surface area contributed by atoms with Crippen molar-refractivity contribution >= 4 is 12.6 Å². The number of aromatic hydroxyl groups is 1. The van der Waals surface area contributed by atoms with E-state index in [-0.39, 0.29) is 5.75 Å². The molecule has 5 heteroatoms. The van der Waals surface area contributed by atoms with Gasteiger partial charge in [0.1, 0.15) is 5.75 Å². The first-order valence-electron chi connectivity index (χ1n) is 5.77. The lowest BCUT2D eigenvalue weighted by Gasteiger charge is -2.06. The van der Waals surface area contributed by atoms with Crippen molar-refractivity contribution in [2.24, 2.45) is 5.73 Å². The van der Waals surface area contributed by atoms with Gasteiger partial charge < -0.3 is 20.1 Å². The molecule has 0 amide bonds. The maximum Gasteiger partial charge on any atom is 0.498 e. The summed E-state index contributed by atoms with van der Waals surface area (Å²) in [5.74, 6) is 0.255. The Hall–Kier alpha value is -1.04. The highest BCUT2D eigenvalue weighted by molar-refractivity contribution is 6.63. The van der Waals surface area contributed by atoms with E-state index in [0.717, 1.165) is 16.6 Å². The molecular weight excluding hydrogens is 217 g/mol. The predicted octanol–water partition coefficient (Wildman–Crippen LogP) is 1.17. The highest BCUT2D eigenvalue weighted by atomic mass is 16.6. The van der Waals surface area contributed by atoms with Crippen LogP contribution in [0.4, 0.5) is 0 Å². The number of benzene rings is 1. The first kappa shape index (κ1) is 16.0. The fraction of sp³-hybridized carbons (Fsp3) is 0.500. The Morgan fingerprint density at radius 2 is 1.94 bits per heavy atom. The van der Waals surface area contributed by atoms with Crippen LogP contribution in [-0.2, 0) is 15.9 Å². The van der Waals surface area contributed by atoms with Gasteiger partial charge in [-0.25, -0.2) is 0 Å². The highest BCUT2D eigenvalue weighted by Crippen LogP contribution is 2.21. The minimum atomic E-state index is -0.408. The molecule has 0 saturated heterocycles. The van der Waals surface area contributed by atoms with Gasteiger partial charge in [0.25, 0.3) is 0 Å². The third-order valence-corrected chi connectivity index (χ3v) is 2.40. The Kier molecular flexibility index (Phi) is 7.62. The molecular formula is C12H22BNO3. The van der Waals surface area contributed by atoms with Gasteiger partial charge in [0, 0.05) is 12.6 Å². The zero-order valence-electron chi connectivity index (χ0n) is 11.3. The van der Waals surface area contributed by atoms with E-state index in [1.165, 1.54) is 7.05 Å². The Morgan fingerprint density at radius 3 is 2.47 bits per heavy atom. The summed E-state index contributed by atoms with van der Waals surface area (Å²) in [5.41, 5.74) is 7.46.